The number of hydrogen-bond acceptors (Lipinski definition) is 4. The van der Waals surface area contributed by atoms with E-state index in [1.165, 1.54) is 0 Å². The van der Waals surface area contributed by atoms with Crippen LogP contribution in [0.25, 0.3) is 0 Å². The van der Waals surface area contributed by atoms with Crippen LogP contribution in [0, 0.1) is 0 Å². The average molecular weight is 261 g/mol. The van der Waals surface area contributed by atoms with Crippen molar-refractivity contribution < 1.29 is 9.47 Å². The Labute approximate surface area is 113 Å². The molecule has 0 saturated carbocycles. The fourth-order valence-corrected chi connectivity index (χ4v) is 1.68. The highest BCUT2D eigenvalue weighted by molar-refractivity contribution is 5.45. The minimum atomic E-state index is 0.597. The molecule has 0 amide bonds. The third kappa shape index (κ3) is 4.73. The first kappa shape index (κ1) is 13.6. The smallest absolute Gasteiger partial charge is 0.125 e. The van der Waals surface area contributed by atoms with E-state index >= 15 is 0 Å². The van der Waals surface area contributed by atoms with Gasteiger partial charge in [0.05, 0.1) is 26.4 Å². The Bertz CT molecular complexity index is 471. The Morgan fingerprint density at radius 3 is 3.05 bits per heavy atom. The van der Waals surface area contributed by atoms with E-state index < -0.39 is 0 Å². The number of H-pyrrole nitrogens is 1. The maximum Gasteiger partial charge on any atom is 0.125 e. The number of benzene rings is 1. The van der Waals surface area contributed by atoms with Gasteiger partial charge in [-0.05, 0) is 17.7 Å². The molecule has 1 aromatic carbocycles. The minimum absolute atomic E-state index is 0.597. The molecule has 0 unspecified atom stereocenters. The Balaban J connectivity index is 1.81. The quantitative estimate of drug-likeness (QED) is 0.715. The van der Waals surface area contributed by atoms with Crippen LogP contribution in [0.1, 0.15) is 11.4 Å². The maximum absolute atomic E-state index is 5.49. The molecule has 0 bridgehead atoms. The molecule has 2 N–H and O–H groups in total. The molecule has 2 aromatic rings. The third-order valence-electron chi connectivity index (χ3n) is 2.64. The van der Waals surface area contributed by atoms with Gasteiger partial charge in [-0.1, -0.05) is 12.1 Å². The normalized spacial score (nSPS) is 10.6. The molecule has 0 aliphatic carbocycles. The van der Waals surface area contributed by atoms with E-state index in [1.807, 2.05) is 24.4 Å². The minimum Gasteiger partial charge on any atom is -0.382 e. The van der Waals surface area contributed by atoms with E-state index in [1.54, 1.807) is 13.3 Å². The highest BCUT2D eigenvalue weighted by Crippen LogP contribution is 2.12. The number of hydrogen-bond donors (Lipinski definition) is 2. The van der Waals surface area contributed by atoms with Gasteiger partial charge in [-0.15, -0.1) is 0 Å². The molecule has 1 aromatic heterocycles. The van der Waals surface area contributed by atoms with E-state index in [9.17, 15) is 0 Å². The zero-order valence-electron chi connectivity index (χ0n) is 11.1. The summed E-state index contributed by atoms with van der Waals surface area (Å²) in [5.41, 5.74) is 2.20. The fourth-order valence-electron chi connectivity index (χ4n) is 1.68. The summed E-state index contributed by atoms with van der Waals surface area (Å²) in [6, 6.07) is 8.17. The zero-order valence-corrected chi connectivity index (χ0v) is 11.1. The summed E-state index contributed by atoms with van der Waals surface area (Å²) in [5, 5.41) is 3.32. The Kier molecular flexibility index (Phi) is 5.40. The van der Waals surface area contributed by atoms with Crippen LogP contribution in [-0.4, -0.2) is 30.3 Å². The first-order valence-corrected chi connectivity index (χ1v) is 6.26. The molecule has 5 nitrogen and oxygen atoms in total. The third-order valence-corrected chi connectivity index (χ3v) is 2.64. The van der Waals surface area contributed by atoms with Crippen molar-refractivity contribution in [3.8, 4) is 0 Å². The molecule has 19 heavy (non-hydrogen) atoms. The lowest BCUT2D eigenvalue weighted by Crippen LogP contribution is -2.03. The number of nitrogens with zero attached hydrogens (tertiary/aromatic N) is 1. The van der Waals surface area contributed by atoms with Crippen LogP contribution in [0.4, 0.5) is 5.69 Å². The van der Waals surface area contributed by atoms with Crippen LogP contribution >= 0.6 is 0 Å². The molecule has 102 valence electrons. The second-order valence-electron chi connectivity index (χ2n) is 4.14. The number of aromatic amines is 1. The van der Waals surface area contributed by atoms with Crippen molar-refractivity contribution in [2.75, 3.05) is 25.6 Å². The van der Waals surface area contributed by atoms with E-state index in [0.717, 1.165) is 17.1 Å². The van der Waals surface area contributed by atoms with Crippen molar-refractivity contribution in [2.45, 2.75) is 13.2 Å². The van der Waals surface area contributed by atoms with Crippen LogP contribution in [0.5, 0.6) is 0 Å². The molecule has 0 aliphatic rings. The van der Waals surface area contributed by atoms with Crippen molar-refractivity contribution in [1.29, 1.82) is 0 Å². The van der Waals surface area contributed by atoms with Gasteiger partial charge in [0.25, 0.3) is 0 Å². The molecule has 5 heteroatoms. The summed E-state index contributed by atoms with van der Waals surface area (Å²) < 4.78 is 10.4. The van der Waals surface area contributed by atoms with E-state index in [-0.39, 0.29) is 0 Å². The molecule has 0 aliphatic heterocycles. The van der Waals surface area contributed by atoms with Crippen molar-refractivity contribution in [2.24, 2.45) is 0 Å². The summed E-state index contributed by atoms with van der Waals surface area (Å²) in [6.45, 7) is 2.51. The summed E-state index contributed by atoms with van der Waals surface area (Å²) in [6.07, 6.45) is 3.56. The summed E-state index contributed by atoms with van der Waals surface area (Å²) >= 11 is 0. The van der Waals surface area contributed by atoms with E-state index in [4.69, 9.17) is 9.47 Å². The van der Waals surface area contributed by atoms with Crippen molar-refractivity contribution in [1.82, 2.24) is 9.97 Å². The lowest BCUT2D eigenvalue weighted by Gasteiger charge is -2.08. The maximum atomic E-state index is 5.49. The summed E-state index contributed by atoms with van der Waals surface area (Å²) in [4.78, 5) is 7.23. The summed E-state index contributed by atoms with van der Waals surface area (Å²) in [5.74, 6) is 0.918. The van der Waals surface area contributed by atoms with Gasteiger partial charge in [-0.3, -0.25) is 0 Å². The molecule has 0 spiro atoms. The van der Waals surface area contributed by atoms with E-state index in [2.05, 4.69) is 21.4 Å². The largest absolute Gasteiger partial charge is 0.382 e. The Morgan fingerprint density at radius 2 is 2.26 bits per heavy atom. The number of ether oxygens (including phenoxy) is 2. The molecule has 0 radical (unpaired) electrons. The number of rotatable bonds is 8. The van der Waals surface area contributed by atoms with Gasteiger partial charge < -0.3 is 19.8 Å². The van der Waals surface area contributed by atoms with Crippen molar-refractivity contribution in [3.05, 3.63) is 48.0 Å². The highest BCUT2D eigenvalue weighted by atomic mass is 16.5. The molecule has 0 fully saturated rings. The molecule has 0 atom stereocenters. The van der Waals surface area contributed by atoms with Crippen LogP contribution in [0.3, 0.4) is 0 Å². The Morgan fingerprint density at radius 1 is 1.32 bits per heavy atom. The lowest BCUT2D eigenvalue weighted by atomic mass is 10.2. The van der Waals surface area contributed by atoms with Gasteiger partial charge in [0.15, 0.2) is 0 Å². The van der Waals surface area contributed by atoms with Gasteiger partial charge >= 0.3 is 0 Å². The topological polar surface area (TPSA) is 59.2 Å². The first-order valence-electron chi connectivity index (χ1n) is 6.26. The molecule has 0 saturated heterocycles. The van der Waals surface area contributed by atoms with Gasteiger partial charge in [0.2, 0.25) is 0 Å². The van der Waals surface area contributed by atoms with Gasteiger partial charge in [0, 0.05) is 25.2 Å². The van der Waals surface area contributed by atoms with Crippen LogP contribution in [0.15, 0.2) is 36.7 Å². The SMILES string of the molecule is COCCOCc1cccc(NCc2ncc[nH]2)c1. The second-order valence-corrected chi connectivity index (χ2v) is 4.14. The van der Waals surface area contributed by atoms with Crippen LogP contribution < -0.4 is 5.32 Å². The van der Waals surface area contributed by atoms with Crippen molar-refractivity contribution in [3.63, 3.8) is 0 Å². The number of methoxy groups -OCH3 is 1. The average Bonchev–Trinajstić information content (AvgIpc) is 2.95. The Hall–Kier alpha value is -1.85. The summed E-state index contributed by atoms with van der Waals surface area (Å²) in [7, 11) is 1.67. The predicted molar refractivity (Wildman–Crippen MR) is 73.9 cm³/mol. The standard InChI is InChI=1S/C14H19N3O2/c1-18-7-8-19-11-12-3-2-4-13(9-12)17-10-14-15-5-6-16-14/h2-6,9,17H,7-8,10-11H2,1H3,(H,15,16). The first-order chi connectivity index (χ1) is 9.38. The number of anilines is 1. The van der Waals surface area contributed by atoms with Gasteiger partial charge in [0.1, 0.15) is 5.82 Å². The molecule has 1 heterocycles. The van der Waals surface area contributed by atoms with Crippen molar-refractivity contribution >= 4 is 5.69 Å². The molecular formula is C14H19N3O2. The zero-order chi connectivity index (χ0) is 13.3. The van der Waals surface area contributed by atoms with Crippen LogP contribution in [0.2, 0.25) is 0 Å². The second kappa shape index (κ2) is 7.56. The molecule has 2 rings (SSSR count). The van der Waals surface area contributed by atoms with Gasteiger partial charge in [-0.25, -0.2) is 4.98 Å². The van der Waals surface area contributed by atoms with Crippen LogP contribution in [-0.2, 0) is 22.6 Å². The highest BCUT2D eigenvalue weighted by Gasteiger charge is 1.98. The number of aromatic nitrogens is 2. The molecular weight excluding hydrogens is 242 g/mol. The van der Waals surface area contributed by atoms with E-state index in [0.29, 0.717) is 26.4 Å². The lowest BCUT2D eigenvalue weighted by molar-refractivity contribution is 0.0617. The monoisotopic (exact) mass is 261 g/mol. The number of imidazole rings is 1. The van der Waals surface area contributed by atoms with Gasteiger partial charge in [-0.2, -0.15) is 0 Å². The predicted octanol–water partition coefficient (Wildman–Crippen LogP) is 2.18. The fraction of sp³-hybridized carbons (Fsp3) is 0.357. The number of nitrogens with one attached hydrogen (secondary N) is 2.